The zero-order chi connectivity index (χ0) is 18.4. The molecule has 1 N–H and O–H groups in total. The van der Waals surface area contributed by atoms with Gasteiger partial charge in [-0.05, 0) is 35.9 Å². The van der Waals surface area contributed by atoms with Crippen LogP contribution in [-0.4, -0.2) is 27.9 Å². The van der Waals surface area contributed by atoms with Gasteiger partial charge in [0.1, 0.15) is 0 Å². The first kappa shape index (κ1) is 17.3. The number of rotatable bonds is 5. The van der Waals surface area contributed by atoms with Crippen LogP contribution in [0.1, 0.15) is 12.6 Å². The molecule has 0 unspecified atom stereocenters. The van der Waals surface area contributed by atoms with Crippen molar-refractivity contribution in [3.05, 3.63) is 72.8 Å². The van der Waals surface area contributed by atoms with Gasteiger partial charge in [0, 0.05) is 24.2 Å². The summed E-state index contributed by atoms with van der Waals surface area (Å²) in [5, 5.41) is 4.85. The number of esters is 1. The van der Waals surface area contributed by atoms with Crippen LogP contribution in [0, 0.1) is 0 Å². The number of carbonyl (C=O) groups is 2. The minimum atomic E-state index is -0.930. The van der Waals surface area contributed by atoms with Gasteiger partial charge >= 0.3 is 5.97 Å². The molecular weight excluding hydrogens is 330 g/mol. The van der Waals surface area contributed by atoms with Crippen molar-refractivity contribution in [2.24, 2.45) is 0 Å². The third-order valence-corrected chi connectivity index (χ3v) is 3.65. The van der Waals surface area contributed by atoms with Crippen molar-refractivity contribution in [3.63, 3.8) is 0 Å². The lowest BCUT2D eigenvalue weighted by atomic mass is 10.1. The van der Waals surface area contributed by atoms with Crippen LogP contribution in [0.25, 0.3) is 16.8 Å². The molecule has 0 aliphatic heterocycles. The van der Waals surface area contributed by atoms with E-state index in [2.05, 4.69) is 15.3 Å². The molecule has 6 nitrogen and oxygen atoms in total. The zero-order valence-corrected chi connectivity index (χ0v) is 14.1. The molecule has 1 aromatic heterocycles. The molecule has 0 saturated heterocycles. The first-order valence-electron chi connectivity index (χ1n) is 8.06. The Bertz CT molecular complexity index is 955. The molecule has 0 aliphatic rings. The second-order valence-corrected chi connectivity index (χ2v) is 5.59. The Morgan fingerprint density at radius 3 is 2.69 bits per heavy atom. The topological polar surface area (TPSA) is 81.2 Å². The summed E-state index contributed by atoms with van der Waals surface area (Å²) in [4.78, 5) is 31.9. The maximum atomic E-state index is 12.2. The molecule has 2 aromatic carbocycles. The van der Waals surface area contributed by atoms with E-state index in [1.165, 1.54) is 37.7 Å². The third-order valence-electron chi connectivity index (χ3n) is 3.65. The predicted octanol–water partition coefficient (Wildman–Crippen LogP) is 3.21. The monoisotopic (exact) mass is 347 g/mol. The standard InChI is InChI=1S/C20H17N3O3/c1-14(26-19(24)9-8-18-13-21-10-11-22-18)20(25)23-17-7-6-15-4-2-3-5-16(15)12-17/h2-14H,1H3,(H,23,25)/b9-8+/t14-/m1/s1. The number of anilines is 1. The molecule has 1 amide bonds. The first-order valence-corrected chi connectivity index (χ1v) is 8.06. The SMILES string of the molecule is C[C@@H](OC(=O)/C=C/c1cnccn1)C(=O)Nc1ccc2ccccc2c1. The number of amides is 1. The Hall–Kier alpha value is -3.54. The summed E-state index contributed by atoms with van der Waals surface area (Å²) in [7, 11) is 0. The van der Waals surface area contributed by atoms with E-state index in [9.17, 15) is 9.59 Å². The predicted molar refractivity (Wildman–Crippen MR) is 99.2 cm³/mol. The molecule has 0 bridgehead atoms. The number of aromatic nitrogens is 2. The number of nitrogens with one attached hydrogen (secondary N) is 1. The average molecular weight is 347 g/mol. The van der Waals surface area contributed by atoms with Crippen LogP contribution in [0.5, 0.6) is 0 Å². The van der Waals surface area contributed by atoms with Crippen molar-refractivity contribution in [2.45, 2.75) is 13.0 Å². The van der Waals surface area contributed by atoms with Gasteiger partial charge in [0.05, 0.1) is 11.9 Å². The minimum absolute atomic E-state index is 0.401. The van der Waals surface area contributed by atoms with Gasteiger partial charge < -0.3 is 10.1 Å². The van der Waals surface area contributed by atoms with Crippen molar-refractivity contribution < 1.29 is 14.3 Å². The Morgan fingerprint density at radius 2 is 1.92 bits per heavy atom. The third kappa shape index (κ3) is 4.51. The van der Waals surface area contributed by atoms with Crippen LogP contribution in [0.2, 0.25) is 0 Å². The van der Waals surface area contributed by atoms with E-state index in [0.717, 1.165) is 10.8 Å². The van der Waals surface area contributed by atoms with Gasteiger partial charge in [0.15, 0.2) is 6.10 Å². The van der Waals surface area contributed by atoms with Crippen LogP contribution in [0.15, 0.2) is 67.1 Å². The van der Waals surface area contributed by atoms with E-state index >= 15 is 0 Å². The van der Waals surface area contributed by atoms with Crippen molar-refractivity contribution in [2.75, 3.05) is 5.32 Å². The van der Waals surface area contributed by atoms with E-state index in [4.69, 9.17) is 4.74 Å². The molecule has 0 aliphatic carbocycles. The van der Waals surface area contributed by atoms with Crippen LogP contribution in [0.3, 0.4) is 0 Å². The van der Waals surface area contributed by atoms with Gasteiger partial charge in [-0.25, -0.2) is 4.79 Å². The van der Waals surface area contributed by atoms with E-state index in [0.29, 0.717) is 11.4 Å². The number of nitrogens with zero attached hydrogens (tertiary/aromatic N) is 2. The smallest absolute Gasteiger partial charge is 0.331 e. The number of carbonyl (C=O) groups excluding carboxylic acids is 2. The molecule has 3 rings (SSSR count). The van der Waals surface area contributed by atoms with E-state index in [1.807, 2.05) is 42.5 Å². The minimum Gasteiger partial charge on any atom is -0.449 e. The molecule has 0 saturated carbocycles. The summed E-state index contributed by atoms with van der Waals surface area (Å²) in [6, 6.07) is 13.4. The molecule has 1 atom stereocenters. The van der Waals surface area contributed by atoms with Gasteiger partial charge in [-0.3, -0.25) is 14.8 Å². The molecular formula is C20H17N3O3. The lowest BCUT2D eigenvalue weighted by molar-refractivity contribution is -0.148. The summed E-state index contributed by atoms with van der Waals surface area (Å²) < 4.78 is 5.11. The number of ether oxygens (including phenoxy) is 1. The molecule has 0 fully saturated rings. The lowest BCUT2D eigenvalue weighted by Crippen LogP contribution is -2.29. The van der Waals surface area contributed by atoms with Crippen molar-refractivity contribution in [1.82, 2.24) is 9.97 Å². The fourth-order valence-corrected chi connectivity index (χ4v) is 2.33. The molecule has 0 spiro atoms. The van der Waals surface area contributed by atoms with Gasteiger partial charge in [0.2, 0.25) is 0 Å². The maximum Gasteiger partial charge on any atom is 0.331 e. The summed E-state index contributed by atoms with van der Waals surface area (Å²) in [5.74, 6) is -1.03. The summed E-state index contributed by atoms with van der Waals surface area (Å²) in [5.41, 5.74) is 1.17. The highest BCUT2D eigenvalue weighted by atomic mass is 16.5. The van der Waals surface area contributed by atoms with E-state index in [-0.39, 0.29) is 0 Å². The fraction of sp³-hybridized carbons (Fsp3) is 0.100. The van der Waals surface area contributed by atoms with Gasteiger partial charge in [-0.15, -0.1) is 0 Å². The van der Waals surface area contributed by atoms with E-state index < -0.39 is 18.0 Å². The molecule has 26 heavy (non-hydrogen) atoms. The highest BCUT2D eigenvalue weighted by molar-refractivity contribution is 5.98. The van der Waals surface area contributed by atoms with Crippen molar-refractivity contribution in [3.8, 4) is 0 Å². The summed E-state index contributed by atoms with van der Waals surface area (Å²) >= 11 is 0. The molecule has 1 heterocycles. The van der Waals surface area contributed by atoms with Crippen LogP contribution >= 0.6 is 0 Å². The Balaban J connectivity index is 1.58. The molecule has 0 radical (unpaired) electrons. The Morgan fingerprint density at radius 1 is 1.12 bits per heavy atom. The van der Waals surface area contributed by atoms with E-state index in [1.54, 1.807) is 0 Å². The average Bonchev–Trinajstić information content (AvgIpc) is 2.67. The quantitative estimate of drug-likeness (QED) is 0.566. The largest absolute Gasteiger partial charge is 0.449 e. The number of hydrogen-bond donors (Lipinski definition) is 1. The van der Waals surface area contributed by atoms with Crippen LogP contribution in [-0.2, 0) is 14.3 Å². The summed E-state index contributed by atoms with van der Waals surface area (Å²) in [6.45, 7) is 1.52. The fourth-order valence-electron chi connectivity index (χ4n) is 2.33. The van der Waals surface area contributed by atoms with Crippen LogP contribution in [0.4, 0.5) is 5.69 Å². The Kier molecular flexibility index (Phi) is 5.34. The Labute approximate surface area is 150 Å². The first-order chi connectivity index (χ1) is 12.6. The second kappa shape index (κ2) is 8.02. The van der Waals surface area contributed by atoms with Gasteiger partial charge in [-0.1, -0.05) is 30.3 Å². The molecule has 3 aromatic rings. The zero-order valence-electron chi connectivity index (χ0n) is 14.1. The normalized spacial score (nSPS) is 12.0. The highest BCUT2D eigenvalue weighted by Gasteiger charge is 2.16. The number of benzene rings is 2. The summed E-state index contributed by atoms with van der Waals surface area (Å²) in [6.07, 6.45) is 6.33. The second-order valence-electron chi connectivity index (χ2n) is 5.59. The highest BCUT2D eigenvalue weighted by Crippen LogP contribution is 2.19. The van der Waals surface area contributed by atoms with Gasteiger partial charge in [0.25, 0.3) is 5.91 Å². The number of fused-ring (bicyclic) bond motifs is 1. The molecule has 130 valence electrons. The van der Waals surface area contributed by atoms with Gasteiger partial charge in [-0.2, -0.15) is 0 Å². The van der Waals surface area contributed by atoms with Crippen molar-refractivity contribution in [1.29, 1.82) is 0 Å². The number of hydrogen-bond acceptors (Lipinski definition) is 5. The lowest BCUT2D eigenvalue weighted by Gasteiger charge is -2.12. The maximum absolute atomic E-state index is 12.2. The molecule has 6 heteroatoms. The van der Waals surface area contributed by atoms with Crippen LogP contribution < -0.4 is 5.32 Å². The van der Waals surface area contributed by atoms with Crippen molar-refractivity contribution >= 4 is 34.4 Å².